The van der Waals surface area contributed by atoms with Crippen molar-refractivity contribution >= 4 is 17.9 Å². The number of hydrogen-bond donors (Lipinski definition) is 3. The van der Waals surface area contributed by atoms with E-state index in [4.69, 9.17) is 15.6 Å². The maximum Gasteiger partial charge on any atom is 0.324 e. The molecule has 2 rings (SSSR count). The van der Waals surface area contributed by atoms with Gasteiger partial charge in [-0.15, -0.1) is 0 Å². The van der Waals surface area contributed by atoms with Crippen LogP contribution in [0, 0.1) is 5.41 Å². The number of carboxylic acids is 2. The molecule has 0 heterocycles. The van der Waals surface area contributed by atoms with Crippen LogP contribution in [0.5, 0.6) is 0 Å². The van der Waals surface area contributed by atoms with E-state index in [0.717, 1.165) is 19.3 Å². The molecule has 2 atom stereocenters. The Kier molecular flexibility index (Phi) is 6.74. The van der Waals surface area contributed by atoms with Crippen molar-refractivity contribution in [2.75, 3.05) is 0 Å². The number of carboxylic acid groups (broad SMARTS) is 2. The monoisotopic (exact) mass is 363 g/mol. The molecule has 1 fully saturated rings. The first-order valence-electron chi connectivity index (χ1n) is 8.79. The minimum Gasteiger partial charge on any atom is -0.481 e. The van der Waals surface area contributed by atoms with Gasteiger partial charge in [0.1, 0.15) is 12.1 Å². The van der Waals surface area contributed by atoms with Gasteiger partial charge in [-0.1, -0.05) is 49.6 Å². The van der Waals surface area contributed by atoms with E-state index in [2.05, 4.69) is 0 Å². The van der Waals surface area contributed by atoms with Crippen LogP contribution in [0.3, 0.4) is 0 Å². The number of aliphatic carboxylic acids is 2. The highest BCUT2D eigenvalue weighted by atomic mass is 16.5. The lowest BCUT2D eigenvalue weighted by molar-refractivity contribution is -0.159. The molecule has 1 aromatic carbocycles. The standard InChI is InChI=1S/C19H25NO6/c20-17(19(12-16(23)24)9-5-2-6-10-19)18(25)26-14(11-15(21)22)13-7-3-1-4-8-13/h1,3-4,7-8,14,17H,2,5-6,9-12,20H2,(H,21,22)(H,23,24). The number of rotatable bonds is 8. The van der Waals surface area contributed by atoms with Gasteiger partial charge in [-0.25, -0.2) is 0 Å². The van der Waals surface area contributed by atoms with Crippen LogP contribution in [-0.4, -0.2) is 34.2 Å². The van der Waals surface area contributed by atoms with E-state index in [-0.39, 0.29) is 12.8 Å². The molecular formula is C19H25NO6. The lowest BCUT2D eigenvalue weighted by Gasteiger charge is -2.40. The normalized spacial score (nSPS) is 18.5. The summed E-state index contributed by atoms with van der Waals surface area (Å²) in [5, 5.41) is 18.4. The van der Waals surface area contributed by atoms with Gasteiger partial charge in [0, 0.05) is 5.41 Å². The van der Waals surface area contributed by atoms with Gasteiger partial charge in [0.2, 0.25) is 0 Å². The summed E-state index contributed by atoms with van der Waals surface area (Å²) >= 11 is 0. The molecule has 142 valence electrons. The molecule has 0 spiro atoms. The Morgan fingerprint density at radius 1 is 1.04 bits per heavy atom. The lowest BCUT2D eigenvalue weighted by Crippen LogP contribution is -2.50. The predicted octanol–water partition coefficient (Wildman–Crippen LogP) is 2.50. The van der Waals surface area contributed by atoms with Crippen LogP contribution in [0.4, 0.5) is 0 Å². The van der Waals surface area contributed by atoms with Crippen molar-refractivity contribution < 1.29 is 29.3 Å². The van der Waals surface area contributed by atoms with Gasteiger partial charge >= 0.3 is 17.9 Å². The summed E-state index contributed by atoms with van der Waals surface area (Å²) in [4.78, 5) is 35.1. The quantitative estimate of drug-likeness (QED) is 0.606. The molecule has 0 saturated heterocycles. The minimum absolute atomic E-state index is 0.196. The smallest absolute Gasteiger partial charge is 0.324 e. The highest BCUT2D eigenvalue weighted by Gasteiger charge is 2.44. The lowest BCUT2D eigenvalue weighted by atomic mass is 9.67. The van der Waals surface area contributed by atoms with Crippen molar-refractivity contribution in [1.29, 1.82) is 0 Å². The van der Waals surface area contributed by atoms with Crippen molar-refractivity contribution in [1.82, 2.24) is 0 Å². The Morgan fingerprint density at radius 2 is 1.65 bits per heavy atom. The Hall–Kier alpha value is -2.41. The fourth-order valence-electron chi connectivity index (χ4n) is 3.67. The van der Waals surface area contributed by atoms with E-state index in [9.17, 15) is 19.5 Å². The number of hydrogen-bond acceptors (Lipinski definition) is 5. The van der Waals surface area contributed by atoms with Crippen LogP contribution in [-0.2, 0) is 19.1 Å². The van der Waals surface area contributed by atoms with Crippen LogP contribution in [0.2, 0.25) is 0 Å². The Labute approximate surface area is 152 Å². The van der Waals surface area contributed by atoms with E-state index in [1.54, 1.807) is 30.3 Å². The average molecular weight is 363 g/mol. The zero-order valence-corrected chi connectivity index (χ0v) is 14.6. The fraction of sp³-hybridized carbons (Fsp3) is 0.526. The van der Waals surface area contributed by atoms with E-state index in [1.807, 2.05) is 0 Å². The first-order chi connectivity index (χ1) is 12.3. The summed E-state index contributed by atoms with van der Waals surface area (Å²) in [6.45, 7) is 0. The summed E-state index contributed by atoms with van der Waals surface area (Å²) in [6.07, 6.45) is 2.16. The van der Waals surface area contributed by atoms with E-state index >= 15 is 0 Å². The number of esters is 1. The molecule has 0 radical (unpaired) electrons. The molecule has 1 aliphatic carbocycles. The first kappa shape index (κ1) is 19.9. The molecule has 26 heavy (non-hydrogen) atoms. The third kappa shape index (κ3) is 5.05. The number of carbonyl (C=O) groups excluding carboxylic acids is 1. The average Bonchev–Trinajstić information content (AvgIpc) is 2.61. The Bertz CT molecular complexity index is 639. The third-order valence-corrected chi connectivity index (χ3v) is 5.06. The van der Waals surface area contributed by atoms with Gasteiger partial charge in [-0.05, 0) is 18.4 Å². The zero-order valence-electron chi connectivity index (χ0n) is 14.6. The molecule has 7 nitrogen and oxygen atoms in total. The topological polar surface area (TPSA) is 127 Å². The molecule has 1 aliphatic rings. The molecule has 0 aromatic heterocycles. The summed E-state index contributed by atoms with van der Waals surface area (Å²) in [5.41, 5.74) is 5.87. The SMILES string of the molecule is NC(C(=O)OC(CC(=O)O)c1ccccc1)C1(CC(=O)O)CCCCC1. The van der Waals surface area contributed by atoms with Crippen LogP contribution < -0.4 is 5.73 Å². The molecule has 0 aliphatic heterocycles. The first-order valence-corrected chi connectivity index (χ1v) is 8.79. The number of benzene rings is 1. The van der Waals surface area contributed by atoms with Gasteiger partial charge in [0.25, 0.3) is 0 Å². The second-order valence-corrected chi connectivity index (χ2v) is 6.91. The van der Waals surface area contributed by atoms with Crippen LogP contribution in [0.1, 0.15) is 56.6 Å². The Balaban J connectivity index is 2.18. The molecule has 2 unspecified atom stereocenters. The summed E-state index contributed by atoms with van der Waals surface area (Å²) in [5.74, 6) is -2.85. The second kappa shape index (κ2) is 8.80. The van der Waals surface area contributed by atoms with Crippen molar-refractivity contribution in [3.63, 3.8) is 0 Å². The van der Waals surface area contributed by atoms with Crippen molar-refractivity contribution in [2.45, 2.75) is 57.1 Å². The maximum atomic E-state index is 12.7. The van der Waals surface area contributed by atoms with Crippen molar-refractivity contribution in [2.24, 2.45) is 11.1 Å². The summed E-state index contributed by atoms with van der Waals surface area (Å²) in [7, 11) is 0. The van der Waals surface area contributed by atoms with E-state index in [1.165, 1.54) is 0 Å². The maximum absolute atomic E-state index is 12.7. The molecule has 7 heteroatoms. The Morgan fingerprint density at radius 3 is 2.19 bits per heavy atom. The highest BCUT2D eigenvalue weighted by Crippen LogP contribution is 2.42. The summed E-state index contributed by atoms with van der Waals surface area (Å²) < 4.78 is 5.43. The van der Waals surface area contributed by atoms with Gasteiger partial charge < -0.3 is 20.7 Å². The molecule has 1 aromatic rings. The molecule has 0 amide bonds. The summed E-state index contributed by atoms with van der Waals surface area (Å²) in [6, 6.07) is 7.49. The van der Waals surface area contributed by atoms with Gasteiger partial charge in [0.15, 0.2) is 0 Å². The third-order valence-electron chi connectivity index (χ3n) is 5.06. The molecule has 0 bridgehead atoms. The van der Waals surface area contributed by atoms with E-state index in [0.29, 0.717) is 18.4 Å². The fourth-order valence-corrected chi connectivity index (χ4v) is 3.67. The number of nitrogens with two attached hydrogens (primary N) is 1. The largest absolute Gasteiger partial charge is 0.481 e. The van der Waals surface area contributed by atoms with Crippen molar-refractivity contribution in [3.05, 3.63) is 35.9 Å². The van der Waals surface area contributed by atoms with Gasteiger partial charge in [-0.2, -0.15) is 0 Å². The highest BCUT2D eigenvalue weighted by molar-refractivity contribution is 5.79. The van der Waals surface area contributed by atoms with Crippen LogP contribution in [0.25, 0.3) is 0 Å². The minimum atomic E-state index is -1.10. The van der Waals surface area contributed by atoms with Crippen molar-refractivity contribution in [3.8, 4) is 0 Å². The molecule has 1 saturated carbocycles. The number of carbonyl (C=O) groups is 3. The predicted molar refractivity (Wildman–Crippen MR) is 93.3 cm³/mol. The zero-order chi connectivity index (χ0) is 19.2. The van der Waals surface area contributed by atoms with Gasteiger partial charge in [0.05, 0.1) is 12.8 Å². The number of ether oxygens (including phenoxy) is 1. The molecular weight excluding hydrogens is 338 g/mol. The van der Waals surface area contributed by atoms with Gasteiger partial charge in [-0.3, -0.25) is 14.4 Å². The van der Waals surface area contributed by atoms with Crippen LogP contribution in [0.15, 0.2) is 30.3 Å². The van der Waals surface area contributed by atoms with E-state index < -0.39 is 35.5 Å². The van der Waals surface area contributed by atoms with Crippen LogP contribution >= 0.6 is 0 Å². The molecule has 4 N–H and O–H groups in total. The second-order valence-electron chi connectivity index (χ2n) is 6.91.